The van der Waals surface area contributed by atoms with Gasteiger partial charge in [0.15, 0.2) is 18.0 Å². The molecule has 0 bridgehead atoms. The van der Waals surface area contributed by atoms with E-state index in [1.165, 1.54) is 12.1 Å². The van der Waals surface area contributed by atoms with Gasteiger partial charge in [-0.25, -0.2) is 9.48 Å². The van der Waals surface area contributed by atoms with E-state index in [2.05, 4.69) is 4.74 Å². The van der Waals surface area contributed by atoms with Gasteiger partial charge in [0.25, 0.3) is 5.72 Å². The number of hydrogen-bond acceptors (Lipinski definition) is 6. The topological polar surface area (TPSA) is 54.2 Å². The van der Waals surface area contributed by atoms with Crippen LogP contribution < -0.4 is 19.1 Å². The number of ether oxygens (including phenoxy) is 3. The average Bonchev–Trinajstić information content (AvgIpc) is 3.07. The van der Waals surface area contributed by atoms with Crippen molar-refractivity contribution in [2.45, 2.75) is 18.8 Å². The van der Waals surface area contributed by atoms with Crippen LogP contribution in [0.1, 0.15) is 12.0 Å². The highest BCUT2D eigenvalue weighted by atomic mass is 32.2. The zero-order valence-corrected chi connectivity index (χ0v) is 17.5. The quantitative estimate of drug-likeness (QED) is 0.699. The maximum atomic E-state index is 12.5. The molecule has 160 valence electrons. The number of hydrogen-bond donors (Lipinski definition) is 1. The van der Waals surface area contributed by atoms with Crippen molar-refractivity contribution in [3.63, 3.8) is 0 Å². The first-order valence-corrected chi connectivity index (χ1v) is 10.5. The summed E-state index contributed by atoms with van der Waals surface area (Å²) in [5, 5.41) is 12.7. The summed E-state index contributed by atoms with van der Waals surface area (Å²) < 4.78 is 42.3. The average molecular weight is 437 g/mol. The Balaban J connectivity index is 1.75. The Morgan fingerprint density at radius 1 is 1.10 bits per heavy atom. The minimum absolute atomic E-state index is 0.0545. The van der Waals surface area contributed by atoms with Gasteiger partial charge in [-0.1, -0.05) is 0 Å². The number of nitrogens with zero attached hydrogens (tertiary/aromatic N) is 2. The molecule has 30 heavy (non-hydrogen) atoms. The molecular formula is C21H23F2N2O4S+. The normalized spacial score (nSPS) is 21.1. The van der Waals surface area contributed by atoms with Crippen molar-refractivity contribution in [3.05, 3.63) is 48.0 Å². The Bertz CT molecular complexity index is 955. The van der Waals surface area contributed by atoms with E-state index in [4.69, 9.17) is 9.47 Å². The van der Waals surface area contributed by atoms with E-state index < -0.39 is 12.3 Å². The maximum absolute atomic E-state index is 12.5. The van der Waals surface area contributed by atoms with Gasteiger partial charge in [0, 0.05) is 17.4 Å². The second kappa shape index (κ2) is 8.31. The van der Waals surface area contributed by atoms with E-state index in [9.17, 15) is 13.9 Å². The molecule has 9 heteroatoms. The number of benzene rings is 2. The monoisotopic (exact) mass is 437 g/mol. The number of aliphatic hydroxyl groups is 1. The summed E-state index contributed by atoms with van der Waals surface area (Å²) in [6, 6.07) is 11.7. The second-order valence-corrected chi connectivity index (χ2v) is 8.04. The van der Waals surface area contributed by atoms with Gasteiger partial charge < -0.3 is 19.3 Å². The summed E-state index contributed by atoms with van der Waals surface area (Å²) in [6.45, 7) is -1.95. The second-order valence-electron chi connectivity index (χ2n) is 6.98. The zero-order valence-electron chi connectivity index (χ0n) is 16.7. The van der Waals surface area contributed by atoms with E-state index in [0.29, 0.717) is 23.6 Å². The molecule has 2 aliphatic rings. The molecule has 2 aromatic carbocycles. The number of alkyl halides is 2. The number of thioether (sulfide) groups is 1. The fourth-order valence-corrected chi connectivity index (χ4v) is 5.02. The highest BCUT2D eigenvalue weighted by Crippen LogP contribution is 2.42. The third-order valence-electron chi connectivity index (χ3n) is 5.26. The van der Waals surface area contributed by atoms with Crippen LogP contribution in [0.5, 0.6) is 17.2 Å². The summed E-state index contributed by atoms with van der Waals surface area (Å²) in [4.78, 5) is 2.02. The molecule has 1 atom stereocenters. The number of rotatable bonds is 6. The predicted octanol–water partition coefficient (Wildman–Crippen LogP) is 3.48. The molecule has 1 unspecified atom stereocenters. The molecule has 1 N–H and O–H groups in total. The minimum Gasteiger partial charge on any atom is -0.497 e. The summed E-state index contributed by atoms with van der Waals surface area (Å²) in [6.07, 6.45) is 0.923. The SMILES string of the molecule is COc1ccc(OC)c(N2CC(O)(c3ccc(OC(F)F)cc3)[N+]3=C2SCCC3)c1. The Morgan fingerprint density at radius 3 is 2.50 bits per heavy atom. The van der Waals surface area contributed by atoms with Crippen LogP contribution in [0.4, 0.5) is 14.5 Å². The van der Waals surface area contributed by atoms with Gasteiger partial charge in [-0.05, 0) is 54.6 Å². The van der Waals surface area contributed by atoms with Crippen LogP contribution >= 0.6 is 11.8 Å². The molecule has 0 saturated carbocycles. The Labute approximate surface area is 177 Å². The van der Waals surface area contributed by atoms with Crippen molar-refractivity contribution in [1.29, 1.82) is 0 Å². The van der Waals surface area contributed by atoms with Crippen molar-refractivity contribution in [3.8, 4) is 17.2 Å². The van der Waals surface area contributed by atoms with Crippen LogP contribution in [0.15, 0.2) is 42.5 Å². The number of anilines is 1. The molecular weight excluding hydrogens is 414 g/mol. The van der Waals surface area contributed by atoms with Gasteiger partial charge in [-0.3, -0.25) is 0 Å². The molecule has 0 aliphatic carbocycles. The lowest BCUT2D eigenvalue weighted by Gasteiger charge is -2.24. The largest absolute Gasteiger partial charge is 0.497 e. The van der Waals surface area contributed by atoms with E-state index >= 15 is 0 Å². The van der Waals surface area contributed by atoms with E-state index in [-0.39, 0.29) is 12.3 Å². The molecule has 0 saturated heterocycles. The Kier molecular flexibility index (Phi) is 5.75. The van der Waals surface area contributed by atoms with Crippen molar-refractivity contribution in [2.24, 2.45) is 0 Å². The van der Waals surface area contributed by atoms with E-state index in [1.807, 2.05) is 27.7 Å². The van der Waals surface area contributed by atoms with Gasteiger partial charge in [0.1, 0.15) is 11.5 Å². The molecule has 2 aromatic rings. The minimum atomic E-state index is -2.89. The Morgan fingerprint density at radius 2 is 1.83 bits per heavy atom. The number of β-amino-alcohol motifs (C(OH)–C–C–N with tert-alkyl or cyclic N) is 1. The van der Waals surface area contributed by atoms with Crippen molar-refractivity contribution in [2.75, 3.05) is 38.0 Å². The van der Waals surface area contributed by atoms with Crippen molar-refractivity contribution in [1.82, 2.24) is 0 Å². The van der Waals surface area contributed by atoms with E-state index in [1.54, 1.807) is 38.1 Å². The van der Waals surface area contributed by atoms with Gasteiger partial charge in [0.2, 0.25) is 0 Å². The Hall–Kier alpha value is -2.52. The molecule has 0 aromatic heterocycles. The predicted molar refractivity (Wildman–Crippen MR) is 111 cm³/mol. The standard InChI is InChI=1S/C21H23F2N2O4S/c1-27-16-8-9-18(28-2)17(12-16)24-13-21(26,25-10-3-11-30-20(24)25)14-4-6-15(7-5-14)29-19(22)23/h4-9,12,19,26H,3,10-11,13H2,1-2H3/q+1. The highest BCUT2D eigenvalue weighted by Gasteiger charge is 2.53. The molecule has 0 radical (unpaired) electrons. The van der Waals surface area contributed by atoms with Gasteiger partial charge >= 0.3 is 11.8 Å². The lowest BCUT2D eigenvalue weighted by Crippen LogP contribution is -2.41. The van der Waals surface area contributed by atoms with E-state index in [0.717, 1.165) is 23.0 Å². The van der Waals surface area contributed by atoms with Gasteiger partial charge in [-0.15, -0.1) is 0 Å². The highest BCUT2D eigenvalue weighted by molar-refractivity contribution is 8.13. The molecule has 0 fully saturated rings. The van der Waals surface area contributed by atoms with Crippen LogP contribution in [0.25, 0.3) is 0 Å². The summed E-state index contributed by atoms with van der Waals surface area (Å²) in [5.41, 5.74) is 0.0773. The van der Waals surface area contributed by atoms with Crippen LogP contribution in [-0.4, -0.2) is 54.5 Å². The number of amidine groups is 1. The fourth-order valence-electron chi connectivity index (χ4n) is 3.85. The third kappa shape index (κ3) is 3.67. The fraction of sp³-hybridized carbons (Fsp3) is 0.381. The third-order valence-corrected chi connectivity index (χ3v) is 6.45. The smallest absolute Gasteiger partial charge is 0.387 e. The summed E-state index contributed by atoms with van der Waals surface area (Å²) in [5.74, 6) is 2.34. The first-order valence-electron chi connectivity index (χ1n) is 9.51. The van der Waals surface area contributed by atoms with Crippen molar-refractivity contribution < 1.29 is 32.7 Å². The molecule has 0 amide bonds. The van der Waals surface area contributed by atoms with Crippen LogP contribution in [0.2, 0.25) is 0 Å². The number of methoxy groups -OCH3 is 2. The van der Waals surface area contributed by atoms with Crippen LogP contribution in [0, 0.1) is 0 Å². The molecule has 2 heterocycles. The summed E-state index contributed by atoms with van der Waals surface area (Å²) >= 11 is 1.67. The molecule has 6 nitrogen and oxygen atoms in total. The van der Waals surface area contributed by atoms with Crippen LogP contribution in [0.3, 0.4) is 0 Å². The lowest BCUT2D eigenvalue weighted by molar-refractivity contribution is -0.656. The zero-order chi connectivity index (χ0) is 21.3. The summed E-state index contributed by atoms with van der Waals surface area (Å²) in [7, 11) is 3.20. The maximum Gasteiger partial charge on any atom is 0.387 e. The lowest BCUT2D eigenvalue weighted by atomic mass is 10.0. The van der Waals surface area contributed by atoms with Gasteiger partial charge in [-0.2, -0.15) is 8.78 Å². The first-order chi connectivity index (χ1) is 14.5. The van der Waals surface area contributed by atoms with Crippen molar-refractivity contribution >= 4 is 22.6 Å². The van der Waals surface area contributed by atoms with Crippen LogP contribution in [-0.2, 0) is 5.72 Å². The van der Waals surface area contributed by atoms with Gasteiger partial charge in [0.05, 0.1) is 20.8 Å². The molecule has 4 rings (SSSR count). The first kappa shape index (κ1) is 20.7. The molecule has 2 aliphatic heterocycles. The number of halogens is 2. The molecule has 0 spiro atoms.